The molecule has 0 spiro atoms. The van der Waals surface area contributed by atoms with Crippen LogP contribution in [0.25, 0.3) is 0 Å². The third kappa shape index (κ3) is 5.19. The summed E-state index contributed by atoms with van der Waals surface area (Å²) in [4.78, 5) is 10.8. The smallest absolute Gasteiger partial charge is 0.190 e. The molecule has 1 heterocycles. The second-order valence-corrected chi connectivity index (χ2v) is 8.91. The predicted molar refractivity (Wildman–Crippen MR) is 109 cm³/mol. The molecule has 0 bridgehead atoms. The standard InChI is InChI=1S/C20H34N4OS/c1-21-19(23-15-20(10-6-11-20)12-14-25-2)22-13-5-9-18-24-16-7-3-4-8-17(16)26-18/h3-15H2,1-2H3,(H2,21,22,23). The van der Waals surface area contributed by atoms with E-state index in [0.717, 1.165) is 44.9 Å². The van der Waals surface area contributed by atoms with Crippen LogP contribution in [0.1, 0.15) is 60.5 Å². The Labute approximate surface area is 162 Å². The summed E-state index contributed by atoms with van der Waals surface area (Å²) in [6.45, 7) is 2.79. The SMILES string of the molecule is CN=C(NCCCc1nc2c(s1)CCCC2)NCC1(CCOC)CCC1. The van der Waals surface area contributed by atoms with Crippen molar-refractivity contribution in [2.45, 2.75) is 64.2 Å². The summed E-state index contributed by atoms with van der Waals surface area (Å²) in [6.07, 6.45) is 12.3. The molecule has 0 amide bonds. The van der Waals surface area contributed by atoms with Gasteiger partial charge in [0.25, 0.3) is 0 Å². The first kappa shape index (κ1) is 19.6. The van der Waals surface area contributed by atoms with E-state index in [1.807, 2.05) is 18.4 Å². The van der Waals surface area contributed by atoms with Crippen molar-refractivity contribution in [1.29, 1.82) is 0 Å². The van der Waals surface area contributed by atoms with Crippen LogP contribution in [-0.2, 0) is 24.0 Å². The number of ether oxygens (including phenoxy) is 1. The van der Waals surface area contributed by atoms with E-state index in [1.54, 1.807) is 12.0 Å². The summed E-state index contributed by atoms with van der Waals surface area (Å²) < 4.78 is 5.28. The van der Waals surface area contributed by atoms with E-state index < -0.39 is 0 Å². The van der Waals surface area contributed by atoms with E-state index in [-0.39, 0.29) is 0 Å². The molecule has 2 aliphatic rings. The van der Waals surface area contributed by atoms with Gasteiger partial charge in [-0.05, 0) is 56.8 Å². The monoisotopic (exact) mass is 378 g/mol. The van der Waals surface area contributed by atoms with Gasteiger partial charge in [-0.3, -0.25) is 4.99 Å². The lowest BCUT2D eigenvalue weighted by atomic mass is 9.67. The number of methoxy groups -OCH3 is 1. The minimum Gasteiger partial charge on any atom is -0.385 e. The van der Waals surface area contributed by atoms with Crippen molar-refractivity contribution in [3.8, 4) is 0 Å². The van der Waals surface area contributed by atoms with Crippen LogP contribution in [0.15, 0.2) is 4.99 Å². The first-order valence-electron chi connectivity index (χ1n) is 10.2. The maximum absolute atomic E-state index is 5.28. The van der Waals surface area contributed by atoms with E-state index in [4.69, 9.17) is 9.72 Å². The Kier molecular flexibility index (Phi) is 7.32. The van der Waals surface area contributed by atoms with Crippen LogP contribution in [-0.4, -0.2) is 44.8 Å². The molecular weight excluding hydrogens is 344 g/mol. The summed E-state index contributed by atoms with van der Waals surface area (Å²) >= 11 is 1.94. The van der Waals surface area contributed by atoms with Gasteiger partial charge in [0.05, 0.1) is 10.7 Å². The van der Waals surface area contributed by atoms with Crippen molar-refractivity contribution < 1.29 is 4.74 Å². The van der Waals surface area contributed by atoms with Gasteiger partial charge in [-0.25, -0.2) is 4.98 Å². The molecule has 5 nitrogen and oxygen atoms in total. The zero-order valence-corrected chi connectivity index (χ0v) is 17.2. The fourth-order valence-electron chi connectivity index (χ4n) is 3.96. The van der Waals surface area contributed by atoms with Crippen LogP contribution in [0.3, 0.4) is 0 Å². The van der Waals surface area contributed by atoms with Crippen molar-refractivity contribution in [2.24, 2.45) is 10.4 Å². The highest BCUT2D eigenvalue weighted by Crippen LogP contribution is 2.43. The number of nitrogens with one attached hydrogen (secondary N) is 2. The first-order chi connectivity index (χ1) is 12.7. The number of hydrogen-bond acceptors (Lipinski definition) is 4. The molecule has 0 radical (unpaired) electrons. The average Bonchev–Trinajstić information content (AvgIpc) is 3.05. The van der Waals surface area contributed by atoms with Gasteiger partial charge >= 0.3 is 0 Å². The average molecular weight is 379 g/mol. The number of thiazole rings is 1. The van der Waals surface area contributed by atoms with E-state index in [1.165, 1.54) is 55.6 Å². The number of rotatable bonds is 9. The molecule has 6 heteroatoms. The molecule has 0 unspecified atom stereocenters. The molecule has 1 aromatic heterocycles. The Morgan fingerprint density at radius 1 is 1.23 bits per heavy atom. The number of aromatic nitrogens is 1. The first-order valence-corrected chi connectivity index (χ1v) is 11.0. The van der Waals surface area contributed by atoms with Crippen molar-refractivity contribution >= 4 is 17.3 Å². The van der Waals surface area contributed by atoms with Crippen LogP contribution in [0.5, 0.6) is 0 Å². The van der Waals surface area contributed by atoms with Crippen LogP contribution in [0.4, 0.5) is 0 Å². The normalized spacial score (nSPS) is 18.9. The van der Waals surface area contributed by atoms with Gasteiger partial charge in [0, 0.05) is 45.2 Å². The van der Waals surface area contributed by atoms with E-state index in [0.29, 0.717) is 5.41 Å². The Morgan fingerprint density at radius 3 is 2.77 bits per heavy atom. The molecule has 3 rings (SSSR count). The summed E-state index contributed by atoms with van der Waals surface area (Å²) in [7, 11) is 3.64. The van der Waals surface area contributed by atoms with Crippen LogP contribution in [0, 0.1) is 5.41 Å². The third-order valence-electron chi connectivity index (χ3n) is 5.85. The summed E-state index contributed by atoms with van der Waals surface area (Å²) in [5.74, 6) is 0.923. The van der Waals surface area contributed by atoms with E-state index >= 15 is 0 Å². The topological polar surface area (TPSA) is 58.5 Å². The number of aliphatic imine (C=N–C) groups is 1. The van der Waals surface area contributed by atoms with Gasteiger partial charge in [0.15, 0.2) is 5.96 Å². The van der Waals surface area contributed by atoms with Crippen molar-refractivity contribution in [1.82, 2.24) is 15.6 Å². The number of aryl methyl sites for hydroxylation is 3. The van der Waals surface area contributed by atoms with Gasteiger partial charge in [-0.2, -0.15) is 0 Å². The third-order valence-corrected chi connectivity index (χ3v) is 7.07. The Hall–Kier alpha value is -1.14. The lowest BCUT2D eigenvalue weighted by Crippen LogP contribution is -2.47. The molecular formula is C20H34N4OS. The molecule has 0 atom stereocenters. The highest BCUT2D eigenvalue weighted by molar-refractivity contribution is 7.11. The van der Waals surface area contributed by atoms with Crippen LogP contribution >= 0.6 is 11.3 Å². The zero-order chi connectivity index (χ0) is 18.2. The van der Waals surface area contributed by atoms with Gasteiger partial charge in [0.2, 0.25) is 0 Å². The molecule has 2 N–H and O–H groups in total. The predicted octanol–water partition coefficient (Wildman–Crippen LogP) is 3.33. The second-order valence-electron chi connectivity index (χ2n) is 7.74. The van der Waals surface area contributed by atoms with Crippen molar-refractivity contribution in [3.63, 3.8) is 0 Å². The van der Waals surface area contributed by atoms with E-state index in [9.17, 15) is 0 Å². The Bertz CT molecular complexity index is 571. The minimum atomic E-state index is 0.410. The highest BCUT2D eigenvalue weighted by atomic mass is 32.1. The molecule has 146 valence electrons. The van der Waals surface area contributed by atoms with Gasteiger partial charge in [-0.15, -0.1) is 11.3 Å². The van der Waals surface area contributed by atoms with E-state index in [2.05, 4.69) is 15.6 Å². The number of fused-ring (bicyclic) bond motifs is 1. The van der Waals surface area contributed by atoms with Crippen molar-refractivity contribution in [3.05, 3.63) is 15.6 Å². The van der Waals surface area contributed by atoms with Crippen molar-refractivity contribution in [2.75, 3.05) is 33.9 Å². The fraction of sp³-hybridized carbons (Fsp3) is 0.800. The minimum absolute atomic E-state index is 0.410. The fourth-order valence-corrected chi connectivity index (χ4v) is 5.16. The Balaban J connectivity index is 1.35. The lowest BCUT2D eigenvalue weighted by Gasteiger charge is -2.42. The summed E-state index contributed by atoms with van der Waals surface area (Å²) in [5.41, 5.74) is 1.79. The lowest BCUT2D eigenvalue weighted by molar-refractivity contribution is 0.0732. The number of guanidine groups is 1. The number of nitrogens with zero attached hydrogens (tertiary/aromatic N) is 2. The van der Waals surface area contributed by atoms with Gasteiger partial charge in [-0.1, -0.05) is 6.42 Å². The molecule has 1 saturated carbocycles. The summed E-state index contributed by atoms with van der Waals surface area (Å²) in [5, 5.41) is 8.31. The van der Waals surface area contributed by atoms with Crippen LogP contribution in [0.2, 0.25) is 0 Å². The maximum Gasteiger partial charge on any atom is 0.190 e. The molecule has 26 heavy (non-hydrogen) atoms. The Morgan fingerprint density at radius 2 is 2.08 bits per heavy atom. The second kappa shape index (κ2) is 9.70. The quantitative estimate of drug-likeness (QED) is 0.393. The molecule has 0 aliphatic heterocycles. The largest absolute Gasteiger partial charge is 0.385 e. The highest BCUT2D eigenvalue weighted by Gasteiger charge is 2.36. The van der Waals surface area contributed by atoms with Crippen LogP contribution < -0.4 is 10.6 Å². The molecule has 0 saturated heterocycles. The number of hydrogen-bond donors (Lipinski definition) is 2. The molecule has 1 aromatic rings. The van der Waals surface area contributed by atoms with Gasteiger partial charge in [0.1, 0.15) is 0 Å². The maximum atomic E-state index is 5.28. The van der Waals surface area contributed by atoms with Gasteiger partial charge < -0.3 is 15.4 Å². The molecule has 2 aliphatic carbocycles. The summed E-state index contributed by atoms with van der Waals surface area (Å²) in [6, 6.07) is 0. The molecule has 0 aromatic carbocycles. The molecule has 1 fully saturated rings. The zero-order valence-electron chi connectivity index (χ0n) is 16.4.